The molecule has 1 aromatic heterocycles. The summed E-state index contributed by atoms with van der Waals surface area (Å²) in [5, 5.41) is 8.61. The number of hydrogen-bond donors (Lipinski definition) is 3. The fraction of sp³-hybridized carbons (Fsp3) is 0.231. The number of rotatable bonds is 4. The molecule has 1 aromatic carbocycles. The molecule has 8 heteroatoms. The van der Waals surface area contributed by atoms with Crippen molar-refractivity contribution in [3.8, 4) is 0 Å². The number of nitrogen functional groups attached to an aromatic ring is 1. The molecule has 0 aliphatic heterocycles. The molecule has 2 rings (SSSR count). The van der Waals surface area contributed by atoms with Gasteiger partial charge in [0.05, 0.1) is 11.4 Å². The molecule has 0 fully saturated rings. The van der Waals surface area contributed by atoms with Gasteiger partial charge in [-0.3, -0.25) is 9.89 Å². The van der Waals surface area contributed by atoms with E-state index in [1.807, 2.05) is 6.92 Å². The zero-order chi connectivity index (χ0) is 15.6. The van der Waals surface area contributed by atoms with Crippen molar-refractivity contribution in [3.63, 3.8) is 0 Å². The maximum absolute atomic E-state index is 13.1. The van der Waals surface area contributed by atoms with E-state index in [4.69, 9.17) is 5.73 Å². The monoisotopic (exact) mass is 298 g/mol. The molecule has 1 heterocycles. The SMILES string of the molecule is CCCc1[nH]nc(C(=O)Nc2cc(F)c(F)c(F)c2)c1N. The molecule has 0 radical (unpaired) electrons. The second-order valence-corrected chi connectivity index (χ2v) is 4.42. The highest BCUT2D eigenvalue weighted by Crippen LogP contribution is 2.20. The summed E-state index contributed by atoms with van der Waals surface area (Å²) in [6.07, 6.45) is 1.42. The fourth-order valence-corrected chi connectivity index (χ4v) is 1.82. The van der Waals surface area contributed by atoms with Crippen LogP contribution in [0.15, 0.2) is 12.1 Å². The third-order valence-electron chi connectivity index (χ3n) is 2.84. The quantitative estimate of drug-likeness (QED) is 0.759. The molecule has 21 heavy (non-hydrogen) atoms. The molecule has 0 spiro atoms. The van der Waals surface area contributed by atoms with Gasteiger partial charge in [0.25, 0.3) is 5.91 Å². The van der Waals surface area contributed by atoms with Crippen LogP contribution in [0, 0.1) is 17.5 Å². The number of nitrogens with zero attached hydrogens (tertiary/aromatic N) is 1. The molecule has 5 nitrogen and oxygen atoms in total. The predicted octanol–water partition coefficient (Wildman–Crippen LogP) is 2.61. The van der Waals surface area contributed by atoms with E-state index in [1.54, 1.807) is 0 Å². The van der Waals surface area contributed by atoms with Gasteiger partial charge in [0.2, 0.25) is 0 Å². The van der Waals surface area contributed by atoms with E-state index in [0.29, 0.717) is 24.2 Å². The van der Waals surface area contributed by atoms with Crippen LogP contribution in [-0.2, 0) is 6.42 Å². The molecule has 0 unspecified atom stereocenters. The third-order valence-corrected chi connectivity index (χ3v) is 2.84. The second-order valence-electron chi connectivity index (χ2n) is 4.42. The van der Waals surface area contributed by atoms with Crippen molar-refractivity contribution in [1.82, 2.24) is 10.2 Å². The molecular weight excluding hydrogens is 285 g/mol. The van der Waals surface area contributed by atoms with Gasteiger partial charge in [-0.1, -0.05) is 13.3 Å². The van der Waals surface area contributed by atoms with Crippen LogP contribution >= 0.6 is 0 Å². The van der Waals surface area contributed by atoms with E-state index in [0.717, 1.165) is 6.42 Å². The first-order valence-electron chi connectivity index (χ1n) is 6.22. The fourth-order valence-electron chi connectivity index (χ4n) is 1.82. The van der Waals surface area contributed by atoms with Gasteiger partial charge in [-0.25, -0.2) is 13.2 Å². The van der Waals surface area contributed by atoms with Crippen LogP contribution in [0.5, 0.6) is 0 Å². The van der Waals surface area contributed by atoms with Gasteiger partial charge in [-0.2, -0.15) is 5.10 Å². The summed E-state index contributed by atoms with van der Waals surface area (Å²) < 4.78 is 39.0. The van der Waals surface area contributed by atoms with Gasteiger partial charge in [0.1, 0.15) is 0 Å². The van der Waals surface area contributed by atoms with E-state index >= 15 is 0 Å². The van der Waals surface area contributed by atoms with E-state index in [9.17, 15) is 18.0 Å². The molecule has 0 saturated heterocycles. The Bertz CT molecular complexity index is 661. The Morgan fingerprint density at radius 1 is 1.33 bits per heavy atom. The molecule has 2 aromatic rings. The number of H-pyrrole nitrogens is 1. The van der Waals surface area contributed by atoms with Crippen LogP contribution in [0.25, 0.3) is 0 Å². The average Bonchev–Trinajstić information content (AvgIpc) is 2.78. The van der Waals surface area contributed by atoms with Gasteiger partial charge in [0.15, 0.2) is 23.1 Å². The standard InChI is InChI=1S/C13H13F3N4O/c1-2-3-9-11(17)12(20-19-9)13(21)18-6-4-7(14)10(16)8(15)5-6/h4-5H,2-3,17H2,1H3,(H,18,21)(H,19,20). The number of carbonyl (C=O) groups is 1. The van der Waals surface area contributed by atoms with E-state index in [1.165, 1.54) is 0 Å². The number of aromatic amines is 1. The summed E-state index contributed by atoms with van der Waals surface area (Å²) in [5.74, 6) is -5.13. The second kappa shape index (κ2) is 5.86. The zero-order valence-electron chi connectivity index (χ0n) is 11.1. The summed E-state index contributed by atoms with van der Waals surface area (Å²) in [4.78, 5) is 11.9. The Morgan fingerprint density at radius 2 is 1.95 bits per heavy atom. The molecular formula is C13H13F3N4O. The zero-order valence-corrected chi connectivity index (χ0v) is 11.1. The van der Waals surface area contributed by atoms with Crippen LogP contribution in [0.2, 0.25) is 0 Å². The number of aromatic nitrogens is 2. The minimum atomic E-state index is -1.60. The van der Waals surface area contributed by atoms with Gasteiger partial charge in [-0.05, 0) is 6.42 Å². The molecule has 0 saturated carbocycles. The number of anilines is 2. The molecule has 4 N–H and O–H groups in total. The average molecular weight is 298 g/mol. The van der Waals surface area contributed by atoms with Crippen LogP contribution in [0.1, 0.15) is 29.5 Å². The lowest BCUT2D eigenvalue weighted by Crippen LogP contribution is -2.15. The topological polar surface area (TPSA) is 83.8 Å². The lowest BCUT2D eigenvalue weighted by Gasteiger charge is -2.05. The smallest absolute Gasteiger partial charge is 0.278 e. The highest BCUT2D eigenvalue weighted by Gasteiger charge is 2.18. The number of aryl methyl sites for hydroxylation is 1. The first-order chi connectivity index (χ1) is 9.93. The maximum atomic E-state index is 13.1. The van der Waals surface area contributed by atoms with Crippen LogP contribution in [0.4, 0.5) is 24.5 Å². The van der Waals surface area contributed by atoms with Gasteiger partial charge >= 0.3 is 0 Å². The number of nitrogens with one attached hydrogen (secondary N) is 2. The van der Waals surface area contributed by atoms with Crippen molar-refractivity contribution in [2.75, 3.05) is 11.1 Å². The van der Waals surface area contributed by atoms with Gasteiger partial charge < -0.3 is 11.1 Å². The number of carbonyl (C=O) groups excluding carboxylic acids is 1. The first kappa shape index (κ1) is 14.9. The molecule has 0 atom stereocenters. The van der Waals surface area contributed by atoms with Crippen molar-refractivity contribution in [1.29, 1.82) is 0 Å². The summed E-state index contributed by atoms with van der Waals surface area (Å²) in [6.45, 7) is 1.93. The van der Waals surface area contributed by atoms with Crippen LogP contribution in [-0.4, -0.2) is 16.1 Å². The van der Waals surface area contributed by atoms with Crippen molar-refractivity contribution >= 4 is 17.3 Å². The van der Waals surface area contributed by atoms with E-state index in [-0.39, 0.29) is 17.1 Å². The van der Waals surface area contributed by atoms with Crippen LogP contribution < -0.4 is 11.1 Å². The summed E-state index contributed by atoms with van der Waals surface area (Å²) in [5.41, 5.74) is 6.25. The summed E-state index contributed by atoms with van der Waals surface area (Å²) >= 11 is 0. The molecule has 0 aliphatic rings. The molecule has 0 aliphatic carbocycles. The Labute approximate surface area is 118 Å². The third kappa shape index (κ3) is 2.99. The Kier molecular flexibility index (Phi) is 4.15. The number of halogens is 3. The summed E-state index contributed by atoms with van der Waals surface area (Å²) in [6, 6.07) is 1.35. The largest absolute Gasteiger partial charge is 0.395 e. The molecule has 112 valence electrons. The number of nitrogens with two attached hydrogens (primary N) is 1. The van der Waals surface area contributed by atoms with Gasteiger partial charge in [0, 0.05) is 17.8 Å². The number of hydrogen-bond acceptors (Lipinski definition) is 3. The lowest BCUT2D eigenvalue weighted by atomic mass is 10.2. The van der Waals surface area contributed by atoms with Crippen LogP contribution in [0.3, 0.4) is 0 Å². The highest BCUT2D eigenvalue weighted by atomic mass is 19.2. The predicted molar refractivity (Wildman–Crippen MR) is 71.3 cm³/mol. The Morgan fingerprint density at radius 3 is 2.52 bits per heavy atom. The van der Waals surface area contributed by atoms with E-state index in [2.05, 4.69) is 15.5 Å². The summed E-state index contributed by atoms with van der Waals surface area (Å²) in [7, 11) is 0. The van der Waals surface area contributed by atoms with Crippen molar-refractivity contribution in [2.45, 2.75) is 19.8 Å². The first-order valence-corrected chi connectivity index (χ1v) is 6.22. The number of amides is 1. The Hall–Kier alpha value is -2.51. The number of benzene rings is 1. The minimum Gasteiger partial charge on any atom is -0.395 e. The van der Waals surface area contributed by atoms with Crippen molar-refractivity contribution in [3.05, 3.63) is 41.0 Å². The van der Waals surface area contributed by atoms with Gasteiger partial charge in [-0.15, -0.1) is 0 Å². The lowest BCUT2D eigenvalue weighted by molar-refractivity contribution is 0.102. The highest BCUT2D eigenvalue weighted by molar-refractivity contribution is 6.06. The minimum absolute atomic E-state index is 0.0800. The maximum Gasteiger partial charge on any atom is 0.278 e. The molecule has 0 bridgehead atoms. The van der Waals surface area contributed by atoms with Crippen molar-refractivity contribution < 1.29 is 18.0 Å². The Balaban J connectivity index is 2.22. The van der Waals surface area contributed by atoms with E-state index < -0.39 is 23.4 Å². The van der Waals surface area contributed by atoms with Crippen molar-refractivity contribution in [2.24, 2.45) is 0 Å². The molecule has 1 amide bonds. The normalized spacial score (nSPS) is 10.7.